The Balaban J connectivity index is 1.57. The number of carbonyl (C=O) groups is 2. The molecule has 0 radical (unpaired) electrons. The van der Waals surface area contributed by atoms with Crippen molar-refractivity contribution in [2.75, 3.05) is 23.8 Å². The van der Waals surface area contributed by atoms with Gasteiger partial charge in [0.05, 0.1) is 18.1 Å². The zero-order valence-corrected chi connectivity index (χ0v) is 18.1. The second kappa shape index (κ2) is 10.3. The number of hydrogen-bond donors (Lipinski definition) is 4. The fraction of sp³-hybridized carbons (Fsp3) is 0.579. The smallest absolute Gasteiger partial charge is 0.328 e. The lowest BCUT2D eigenvalue weighted by molar-refractivity contribution is -0.147. The summed E-state index contributed by atoms with van der Waals surface area (Å²) in [5, 5.41) is 24.2. The maximum Gasteiger partial charge on any atom is 0.328 e. The summed E-state index contributed by atoms with van der Waals surface area (Å²) >= 11 is 1.44. The fourth-order valence-electron chi connectivity index (χ4n) is 3.43. The highest BCUT2D eigenvalue weighted by atomic mass is 32.2. The highest BCUT2D eigenvalue weighted by Gasteiger charge is 2.44. The number of hydrogen-bond acceptors (Lipinski definition) is 10. The number of carbonyl (C=O) groups excluding carboxylic acids is 2. The maximum atomic E-state index is 12.0. The van der Waals surface area contributed by atoms with Gasteiger partial charge in [-0.05, 0) is 25.2 Å². The van der Waals surface area contributed by atoms with Crippen LogP contribution in [0.1, 0.15) is 26.5 Å². The molecule has 2 aromatic heterocycles. The Labute approximate surface area is 183 Å². The molecule has 0 aromatic carbocycles. The van der Waals surface area contributed by atoms with Crippen LogP contribution in [0.2, 0.25) is 0 Å². The zero-order valence-electron chi connectivity index (χ0n) is 17.3. The molecule has 0 saturated carbocycles. The third kappa shape index (κ3) is 5.26. The Morgan fingerprint density at radius 3 is 2.87 bits per heavy atom. The average molecular weight is 454 g/mol. The Hall–Kier alpha value is -2.41. The van der Waals surface area contributed by atoms with Gasteiger partial charge in [-0.2, -0.15) is 11.8 Å². The molecular formula is C19H27N5O6S. The second-order valence-corrected chi connectivity index (χ2v) is 8.28. The van der Waals surface area contributed by atoms with Crippen LogP contribution in [0.15, 0.2) is 18.6 Å². The molecule has 0 spiro atoms. The minimum absolute atomic E-state index is 0.230. The molecule has 1 amide bonds. The topological polar surface area (TPSA) is 162 Å². The molecule has 1 saturated heterocycles. The van der Waals surface area contributed by atoms with Crippen LogP contribution >= 0.6 is 11.8 Å². The lowest BCUT2D eigenvalue weighted by Gasteiger charge is -2.18. The normalized spacial score (nSPS) is 24.3. The van der Waals surface area contributed by atoms with Crippen molar-refractivity contribution >= 4 is 40.5 Å². The number of nitrogens with two attached hydrogens (primary N) is 1. The summed E-state index contributed by atoms with van der Waals surface area (Å²) in [5.74, 6) is 0.436. The third-order valence-corrected chi connectivity index (χ3v) is 6.02. The van der Waals surface area contributed by atoms with E-state index in [-0.39, 0.29) is 12.5 Å². The average Bonchev–Trinajstić information content (AvgIpc) is 3.27. The van der Waals surface area contributed by atoms with Crippen molar-refractivity contribution in [3.63, 3.8) is 0 Å². The van der Waals surface area contributed by atoms with Gasteiger partial charge in [-0.15, -0.1) is 0 Å². The molecule has 0 aliphatic carbocycles. The van der Waals surface area contributed by atoms with Crippen LogP contribution in [0.4, 0.5) is 5.82 Å². The minimum Gasteiger partial charge on any atom is -0.464 e. The van der Waals surface area contributed by atoms with E-state index in [1.165, 1.54) is 25.0 Å². The number of aliphatic hydroxyl groups is 2. The lowest BCUT2D eigenvalue weighted by atomic mass is 10.1. The van der Waals surface area contributed by atoms with E-state index in [4.69, 9.17) is 15.2 Å². The van der Waals surface area contributed by atoms with E-state index >= 15 is 0 Å². The number of rotatable bonds is 9. The maximum absolute atomic E-state index is 12.0. The van der Waals surface area contributed by atoms with Crippen LogP contribution in [0.25, 0.3) is 11.0 Å². The van der Waals surface area contributed by atoms with Crippen LogP contribution in [0.5, 0.6) is 0 Å². The van der Waals surface area contributed by atoms with Crippen molar-refractivity contribution in [1.82, 2.24) is 19.9 Å². The van der Waals surface area contributed by atoms with Gasteiger partial charge in [0.1, 0.15) is 36.0 Å². The molecule has 3 heterocycles. The van der Waals surface area contributed by atoms with E-state index in [1.807, 2.05) is 0 Å². The fourth-order valence-corrected chi connectivity index (χ4v) is 4.51. The van der Waals surface area contributed by atoms with Gasteiger partial charge in [-0.1, -0.05) is 0 Å². The number of ether oxygens (including phenoxy) is 2. The number of aromatic nitrogens is 3. The number of thioether (sulfide) groups is 1. The number of amides is 1. The molecule has 31 heavy (non-hydrogen) atoms. The summed E-state index contributed by atoms with van der Waals surface area (Å²) in [6, 6.07) is 1.00. The molecular weight excluding hydrogens is 426 g/mol. The van der Waals surface area contributed by atoms with Crippen molar-refractivity contribution in [1.29, 1.82) is 0 Å². The Kier molecular flexibility index (Phi) is 7.70. The number of esters is 1. The van der Waals surface area contributed by atoms with Gasteiger partial charge in [0, 0.05) is 18.9 Å². The van der Waals surface area contributed by atoms with Gasteiger partial charge in [-0.25, -0.2) is 14.8 Å². The first kappa shape index (κ1) is 23.3. The van der Waals surface area contributed by atoms with E-state index in [1.54, 1.807) is 23.8 Å². The quantitative estimate of drug-likeness (QED) is 0.296. The van der Waals surface area contributed by atoms with Crippen LogP contribution in [0, 0.1) is 0 Å². The summed E-state index contributed by atoms with van der Waals surface area (Å²) in [6.45, 7) is 3.27. The second-order valence-electron chi connectivity index (χ2n) is 7.13. The highest BCUT2D eigenvalue weighted by molar-refractivity contribution is 7.99. The molecule has 1 fully saturated rings. The van der Waals surface area contributed by atoms with E-state index < -0.39 is 36.6 Å². The molecule has 1 aliphatic heterocycles. The minimum atomic E-state index is -1.15. The van der Waals surface area contributed by atoms with Gasteiger partial charge in [0.25, 0.3) is 0 Å². The molecule has 2 aromatic rings. The molecule has 5 atom stereocenters. The van der Waals surface area contributed by atoms with Gasteiger partial charge >= 0.3 is 5.97 Å². The predicted molar refractivity (Wildman–Crippen MR) is 114 cm³/mol. The van der Waals surface area contributed by atoms with Gasteiger partial charge < -0.3 is 35.3 Å². The van der Waals surface area contributed by atoms with Gasteiger partial charge in [0.15, 0.2) is 6.23 Å². The van der Waals surface area contributed by atoms with E-state index in [2.05, 4.69) is 15.3 Å². The summed E-state index contributed by atoms with van der Waals surface area (Å²) in [5.41, 5.74) is 6.36. The molecule has 3 rings (SSSR count). The van der Waals surface area contributed by atoms with Crippen LogP contribution in [-0.2, 0) is 19.1 Å². The molecule has 170 valence electrons. The SMILES string of the molecule is CCOC(=O)C(CCSCC1OC(n2ccc3c(N)ncnc32)C(O)C1O)NC(C)=O. The Morgan fingerprint density at radius 2 is 2.16 bits per heavy atom. The number of fused-ring (bicyclic) bond motifs is 1. The third-order valence-electron chi connectivity index (χ3n) is 4.93. The Bertz CT molecular complexity index is 924. The van der Waals surface area contributed by atoms with Crippen LogP contribution in [-0.4, -0.2) is 79.1 Å². The molecule has 1 aliphatic rings. The van der Waals surface area contributed by atoms with Crippen molar-refractivity contribution < 1.29 is 29.3 Å². The number of nitrogen functional groups attached to an aromatic ring is 1. The van der Waals surface area contributed by atoms with E-state index in [0.29, 0.717) is 34.8 Å². The van der Waals surface area contributed by atoms with E-state index in [0.717, 1.165) is 0 Å². The van der Waals surface area contributed by atoms with Crippen LogP contribution < -0.4 is 11.1 Å². The zero-order chi connectivity index (χ0) is 22.5. The lowest BCUT2D eigenvalue weighted by Crippen LogP contribution is -2.41. The van der Waals surface area contributed by atoms with Crippen molar-refractivity contribution in [3.8, 4) is 0 Å². The summed E-state index contributed by atoms with van der Waals surface area (Å²) in [4.78, 5) is 31.4. The first-order valence-corrected chi connectivity index (χ1v) is 11.1. The van der Waals surface area contributed by atoms with Crippen LogP contribution in [0.3, 0.4) is 0 Å². The highest BCUT2D eigenvalue weighted by Crippen LogP contribution is 2.34. The predicted octanol–water partition coefficient (Wildman–Crippen LogP) is -0.176. The number of aliphatic hydroxyl groups excluding tert-OH is 2. The largest absolute Gasteiger partial charge is 0.464 e. The number of nitrogens with one attached hydrogen (secondary N) is 1. The van der Waals surface area contributed by atoms with E-state index in [9.17, 15) is 19.8 Å². The standard InChI is InChI=1S/C19H27N5O6S/c1-3-29-19(28)12(23-10(2)25)5-7-31-8-13-14(26)15(27)18(30-13)24-6-4-11-16(20)21-9-22-17(11)24/h4,6,9,12-15,18,26-27H,3,5,7-8H2,1-2H3,(H,23,25)(H2,20,21,22). The molecule has 12 heteroatoms. The van der Waals surface area contributed by atoms with Crippen molar-refractivity contribution in [2.24, 2.45) is 0 Å². The van der Waals surface area contributed by atoms with Gasteiger partial charge in [0.2, 0.25) is 5.91 Å². The molecule has 11 nitrogen and oxygen atoms in total. The summed E-state index contributed by atoms with van der Waals surface area (Å²) < 4.78 is 12.5. The number of nitrogens with zero attached hydrogens (tertiary/aromatic N) is 3. The summed E-state index contributed by atoms with van der Waals surface area (Å²) in [6.07, 6.45) is -0.301. The van der Waals surface area contributed by atoms with Crippen molar-refractivity contribution in [3.05, 3.63) is 18.6 Å². The number of anilines is 1. The summed E-state index contributed by atoms with van der Waals surface area (Å²) in [7, 11) is 0. The van der Waals surface area contributed by atoms with Gasteiger partial charge in [-0.3, -0.25) is 4.79 Å². The first-order chi connectivity index (χ1) is 14.8. The monoisotopic (exact) mass is 453 g/mol. The molecule has 5 N–H and O–H groups in total. The van der Waals surface area contributed by atoms with Crippen molar-refractivity contribution in [2.45, 2.75) is 50.8 Å². The molecule has 0 bridgehead atoms. The first-order valence-electron chi connectivity index (χ1n) is 9.93. The Morgan fingerprint density at radius 1 is 1.39 bits per heavy atom. The molecule has 5 unspecified atom stereocenters.